The first kappa shape index (κ1) is 15.1. The van der Waals surface area contributed by atoms with Crippen molar-refractivity contribution in [1.82, 2.24) is 0 Å². The quantitative estimate of drug-likeness (QED) is 0.816. The molecule has 5 heteroatoms. The van der Waals surface area contributed by atoms with Gasteiger partial charge in [0.2, 0.25) is 0 Å². The van der Waals surface area contributed by atoms with Gasteiger partial charge in [0.1, 0.15) is 10.6 Å². The van der Waals surface area contributed by atoms with Crippen LogP contribution in [0.5, 0.6) is 5.75 Å². The molecule has 0 aliphatic carbocycles. The first-order chi connectivity index (χ1) is 9.83. The molecule has 0 unspecified atom stereocenters. The Balaban J connectivity index is 2.46. The van der Waals surface area contributed by atoms with E-state index in [0.29, 0.717) is 16.7 Å². The van der Waals surface area contributed by atoms with E-state index >= 15 is 0 Å². The Hall–Kier alpha value is -2.32. The van der Waals surface area contributed by atoms with Crippen LogP contribution in [0.4, 0.5) is 0 Å². The molecule has 2 aromatic rings. The minimum Gasteiger partial charge on any atom is -0.379 e. The molecule has 2 aromatic carbocycles. The van der Waals surface area contributed by atoms with Crippen molar-refractivity contribution < 1.29 is 12.6 Å². The third kappa shape index (κ3) is 3.23. The van der Waals surface area contributed by atoms with Crippen molar-refractivity contribution in [2.75, 3.05) is 0 Å². The zero-order valence-electron chi connectivity index (χ0n) is 12.0. The van der Waals surface area contributed by atoms with E-state index in [2.05, 4.69) is 0 Å². The lowest BCUT2D eigenvalue weighted by Gasteiger charge is -2.13. The number of hydrogen-bond donors (Lipinski definition) is 0. The summed E-state index contributed by atoms with van der Waals surface area (Å²) < 4.78 is 30.1. The van der Waals surface area contributed by atoms with Gasteiger partial charge in [-0.15, -0.1) is 0 Å². The number of rotatable bonds is 3. The molecule has 0 aliphatic heterocycles. The molecule has 0 heterocycles. The van der Waals surface area contributed by atoms with Crippen molar-refractivity contribution in [2.24, 2.45) is 0 Å². The normalized spacial score (nSPS) is 11.0. The largest absolute Gasteiger partial charge is 0.379 e. The molecular weight excluding hydrogens is 286 g/mol. The summed E-state index contributed by atoms with van der Waals surface area (Å²) >= 11 is 0. The predicted octanol–water partition coefficient (Wildman–Crippen LogP) is 3.25. The highest BCUT2D eigenvalue weighted by atomic mass is 32.2. The Bertz CT molecular complexity index is 810. The van der Waals surface area contributed by atoms with Crippen molar-refractivity contribution in [3.63, 3.8) is 0 Å². The highest BCUT2D eigenvalue weighted by Crippen LogP contribution is 2.25. The van der Waals surface area contributed by atoms with E-state index in [1.165, 1.54) is 12.1 Å². The van der Waals surface area contributed by atoms with Crippen molar-refractivity contribution >= 4 is 10.1 Å². The van der Waals surface area contributed by atoms with Crippen LogP contribution in [0.2, 0.25) is 0 Å². The smallest absolute Gasteiger partial charge is 0.339 e. The van der Waals surface area contributed by atoms with Gasteiger partial charge in [-0.05, 0) is 50.1 Å². The molecule has 108 valence electrons. The first-order valence-corrected chi connectivity index (χ1v) is 7.77. The van der Waals surface area contributed by atoms with Crippen LogP contribution < -0.4 is 4.18 Å². The van der Waals surface area contributed by atoms with E-state index in [0.717, 1.165) is 5.56 Å². The van der Waals surface area contributed by atoms with Gasteiger partial charge in [-0.25, -0.2) is 0 Å². The average Bonchev–Trinajstić information content (AvgIpc) is 2.36. The van der Waals surface area contributed by atoms with Crippen molar-refractivity contribution in [2.45, 2.75) is 25.7 Å². The minimum absolute atomic E-state index is 0.133. The van der Waals surface area contributed by atoms with Gasteiger partial charge in [-0.2, -0.15) is 13.7 Å². The highest BCUT2D eigenvalue weighted by molar-refractivity contribution is 7.87. The fourth-order valence-electron chi connectivity index (χ4n) is 2.35. The number of nitrogens with zero attached hydrogens (tertiary/aromatic N) is 1. The van der Waals surface area contributed by atoms with Crippen LogP contribution in [-0.4, -0.2) is 8.42 Å². The van der Waals surface area contributed by atoms with Gasteiger partial charge >= 0.3 is 10.1 Å². The van der Waals surface area contributed by atoms with Gasteiger partial charge in [0, 0.05) is 0 Å². The second kappa shape index (κ2) is 5.58. The van der Waals surface area contributed by atoms with E-state index < -0.39 is 10.1 Å². The Labute approximate surface area is 124 Å². The maximum Gasteiger partial charge on any atom is 0.339 e. The lowest BCUT2D eigenvalue weighted by Crippen LogP contribution is -2.13. The van der Waals surface area contributed by atoms with E-state index in [9.17, 15) is 8.42 Å². The van der Waals surface area contributed by atoms with Crippen LogP contribution >= 0.6 is 0 Å². The molecular formula is C16H15NO3S. The predicted molar refractivity (Wildman–Crippen MR) is 79.6 cm³/mol. The number of benzene rings is 2. The van der Waals surface area contributed by atoms with Gasteiger partial charge in [0.25, 0.3) is 0 Å². The Morgan fingerprint density at radius 3 is 2.24 bits per heavy atom. The Morgan fingerprint density at radius 2 is 1.67 bits per heavy atom. The molecule has 0 fully saturated rings. The third-order valence-corrected chi connectivity index (χ3v) is 4.58. The maximum atomic E-state index is 12.4. The molecule has 0 spiro atoms. The molecule has 0 amide bonds. The van der Waals surface area contributed by atoms with Gasteiger partial charge in [-0.1, -0.05) is 23.8 Å². The average molecular weight is 301 g/mol. The van der Waals surface area contributed by atoms with Crippen LogP contribution in [0.25, 0.3) is 0 Å². The van der Waals surface area contributed by atoms with Crippen LogP contribution in [0.15, 0.2) is 41.3 Å². The Morgan fingerprint density at radius 1 is 1.05 bits per heavy atom. The molecule has 21 heavy (non-hydrogen) atoms. The molecule has 0 aromatic heterocycles. The summed E-state index contributed by atoms with van der Waals surface area (Å²) in [7, 11) is -3.93. The van der Waals surface area contributed by atoms with Gasteiger partial charge in [0.05, 0.1) is 11.6 Å². The number of hydrogen-bond acceptors (Lipinski definition) is 4. The summed E-state index contributed by atoms with van der Waals surface area (Å²) in [6.45, 7) is 5.39. The number of aryl methyl sites for hydroxylation is 3. The molecule has 0 atom stereocenters. The molecule has 0 radical (unpaired) electrons. The van der Waals surface area contributed by atoms with Crippen LogP contribution in [0.3, 0.4) is 0 Å². The molecule has 0 bridgehead atoms. The molecule has 2 rings (SSSR count). The van der Waals surface area contributed by atoms with Crippen molar-refractivity contribution in [1.29, 1.82) is 5.26 Å². The second-order valence-electron chi connectivity index (χ2n) is 4.90. The SMILES string of the molecule is Cc1cc(C)c(S(=O)(=O)Oc2cccc(C#N)c2)c(C)c1. The summed E-state index contributed by atoms with van der Waals surface area (Å²) in [5.74, 6) is 0.133. The van der Waals surface area contributed by atoms with E-state index in [-0.39, 0.29) is 10.6 Å². The van der Waals surface area contributed by atoms with E-state index in [4.69, 9.17) is 9.44 Å². The summed E-state index contributed by atoms with van der Waals surface area (Å²) in [6, 6.07) is 11.6. The standard InChI is InChI=1S/C16H15NO3S/c1-11-7-12(2)16(13(3)8-11)21(18,19)20-15-6-4-5-14(9-15)10-17/h4-9H,1-3H3. The van der Waals surface area contributed by atoms with Crippen molar-refractivity contribution in [3.05, 3.63) is 58.7 Å². The van der Waals surface area contributed by atoms with Gasteiger partial charge in [0.15, 0.2) is 0 Å². The fraction of sp³-hybridized carbons (Fsp3) is 0.188. The Kier molecular flexibility index (Phi) is 4.01. The second-order valence-corrected chi connectivity index (χ2v) is 6.39. The highest BCUT2D eigenvalue weighted by Gasteiger charge is 2.22. The molecule has 0 aliphatic rings. The van der Waals surface area contributed by atoms with Gasteiger partial charge < -0.3 is 4.18 Å². The third-order valence-electron chi connectivity index (χ3n) is 3.02. The molecule has 4 nitrogen and oxygen atoms in total. The van der Waals surface area contributed by atoms with E-state index in [1.807, 2.05) is 13.0 Å². The summed E-state index contributed by atoms with van der Waals surface area (Å²) in [5, 5.41) is 8.84. The van der Waals surface area contributed by atoms with Crippen LogP contribution in [0, 0.1) is 32.1 Å². The lowest BCUT2D eigenvalue weighted by molar-refractivity contribution is 0.485. The monoisotopic (exact) mass is 301 g/mol. The maximum absolute atomic E-state index is 12.4. The van der Waals surface area contributed by atoms with Crippen molar-refractivity contribution in [3.8, 4) is 11.8 Å². The molecule has 0 saturated carbocycles. The number of nitriles is 1. The van der Waals surface area contributed by atoms with Crippen LogP contribution in [0.1, 0.15) is 22.3 Å². The summed E-state index contributed by atoms with van der Waals surface area (Å²) in [4.78, 5) is 0.176. The first-order valence-electron chi connectivity index (χ1n) is 6.36. The van der Waals surface area contributed by atoms with Crippen LogP contribution in [-0.2, 0) is 10.1 Å². The summed E-state index contributed by atoms with van der Waals surface area (Å²) in [6.07, 6.45) is 0. The summed E-state index contributed by atoms with van der Waals surface area (Å²) in [5.41, 5.74) is 2.63. The fourth-order valence-corrected chi connectivity index (χ4v) is 3.69. The topological polar surface area (TPSA) is 67.2 Å². The minimum atomic E-state index is -3.93. The molecule has 0 N–H and O–H groups in total. The zero-order valence-corrected chi connectivity index (χ0v) is 12.9. The van der Waals surface area contributed by atoms with Gasteiger partial charge in [-0.3, -0.25) is 0 Å². The lowest BCUT2D eigenvalue weighted by atomic mass is 10.1. The zero-order chi connectivity index (χ0) is 15.6. The van der Waals surface area contributed by atoms with E-state index in [1.54, 1.807) is 38.1 Å². The molecule has 0 saturated heterocycles.